The van der Waals surface area contributed by atoms with Gasteiger partial charge >= 0.3 is 0 Å². The van der Waals surface area contributed by atoms with Crippen LogP contribution in [0.15, 0.2) is 0 Å². The van der Waals surface area contributed by atoms with Crippen molar-refractivity contribution >= 4 is 7.28 Å². The maximum absolute atomic E-state index is 2.70. The van der Waals surface area contributed by atoms with E-state index in [1.807, 2.05) is 0 Å². The summed E-state index contributed by atoms with van der Waals surface area (Å²) in [5, 5.41) is 0. The van der Waals surface area contributed by atoms with E-state index < -0.39 is 0 Å². The van der Waals surface area contributed by atoms with Gasteiger partial charge in [-0.2, -0.15) is 0 Å². The summed E-state index contributed by atoms with van der Waals surface area (Å²) in [4.78, 5) is 2.70. The summed E-state index contributed by atoms with van der Waals surface area (Å²) in [7, 11) is 2.40. The average molecular weight is 194 g/mol. The van der Waals surface area contributed by atoms with Gasteiger partial charge in [0.05, 0.1) is 0 Å². The second kappa shape index (κ2) is 4.70. The van der Waals surface area contributed by atoms with Crippen LogP contribution in [0.2, 0.25) is 12.6 Å². The summed E-state index contributed by atoms with van der Waals surface area (Å²) in [6.07, 6.45) is 4.06. The normalized spacial score (nSPS) is 26.5. The smallest absolute Gasteiger partial charge is 0.112 e. The molecular formula is C12H25BN. The van der Waals surface area contributed by atoms with Crippen LogP contribution in [0.1, 0.15) is 47.0 Å². The van der Waals surface area contributed by atoms with Gasteiger partial charge in [-0.1, -0.05) is 26.0 Å². The molecule has 0 aromatic rings. The van der Waals surface area contributed by atoms with Gasteiger partial charge in [-0.15, -0.1) is 0 Å². The minimum absolute atomic E-state index is 0.345. The maximum Gasteiger partial charge on any atom is 0.112 e. The quantitative estimate of drug-likeness (QED) is 0.623. The first-order valence-corrected chi connectivity index (χ1v) is 6.07. The molecule has 2 unspecified atom stereocenters. The Bertz CT molecular complexity index is 170. The topological polar surface area (TPSA) is 3.24 Å². The van der Waals surface area contributed by atoms with E-state index in [1.165, 1.54) is 25.8 Å². The average Bonchev–Trinajstić information content (AvgIpc) is 2.54. The fourth-order valence-corrected chi connectivity index (χ4v) is 2.80. The molecule has 2 atom stereocenters. The third-order valence-corrected chi connectivity index (χ3v) is 3.55. The Hall–Kier alpha value is 0.0249. The highest BCUT2D eigenvalue weighted by Gasteiger charge is 2.35. The van der Waals surface area contributed by atoms with Crippen LogP contribution in [-0.2, 0) is 0 Å². The molecule has 1 fully saturated rings. The summed E-state index contributed by atoms with van der Waals surface area (Å²) in [6.45, 7) is 12.8. The van der Waals surface area contributed by atoms with Crippen LogP contribution in [0.5, 0.6) is 0 Å². The second-order valence-corrected chi connectivity index (χ2v) is 5.48. The molecule has 1 aliphatic heterocycles. The van der Waals surface area contributed by atoms with Crippen LogP contribution >= 0.6 is 0 Å². The molecule has 0 amide bonds. The molecule has 2 heteroatoms. The van der Waals surface area contributed by atoms with E-state index in [0.717, 1.165) is 11.9 Å². The first-order valence-electron chi connectivity index (χ1n) is 6.07. The standard InChI is InChI=1S/C12H25BN/c1-6-10(13-5)11-8-7-9-14(11)12(2,3)4/h10-11H,6-9H2,1-5H3. The van der Waals surface area contributed by atoms with E-state index in [0.29, 0.717) is 5.54 Å². The Balaban J connectivity index is 2.67. The molecule has 0 spiro atoms. The van der Waals surface area contributed by atoms with Crippen molar-refractivity contribution in [2.24, 2.45) is 0 Å². The molecule has 1 heterocycles. The highest BCUT2D eigenvalue weighted by atomic mass is 15.2. The Morgan fingerprint density at radius 1 is 1.43 bits per heavy atom. The zero-order chi connectivity index (χ0) is 10.8. The molecule has 0 aromatic heterocycles. The summed E-state index contributed by atoms with van der Waals surface area (Å²) >= 11 is 0. The van der Waals surface area contributed by atoms with Crippen LogP contribution in [0.3, 0.4) is 0 Å². The Labute approximate surface area is 90.5 Å². The SMILES string of the molecule is C[B]C(CC)C1CCCN1C(C)(C)C. The second-order valence-electron chi connectivity index (χ2n) is 5.48. The van der Waals surface area contributed by atoms with Gasteiger partial charge < -0.3 is 0 Å². The molecule has 0 aromatic carbocycles. The van der Waals surface area contributed by atoms with Crippen LogP contribution in [-0.4, -0.2) is 30.3 Å². The van der Waals surface area contributed by atoms with Crippen molar-refractivity contribution in [2.75, 3.05) is 6.54 Å². The van der Waals surface area contributed by atoms with E-state index in [-0.39, 0.29) is 0 Å². The van der Waals surface area contributed by atoms with Crippen molar-refractivity contribution in [1.82, 2.24) is 4.90 Å². The van der Waals surface area contributed by atoms with Gasteiger partial charge in [-0.3, -0.25) is 4.90 Å². The molecule has 1 radical (unpaired) electrons. The molecule has 1 nitrogen and oxygen atoms in total. The van der Waals surface area contributed by atoms with Gasteiger partial charge in [0.2, 0.25) is 0 Å². The number of hydrogen-bond acceptors (Lipinski definition) is 1. The molecular weight excluding hydrogens is 169 g/mol. The zero-order valence-electron chi connectivity index (χ0n) is 10.5. The van der Waals surface area contributed by atoms with Gasteiger partial charge in [-0.25, -0.2) is 0 Å². The van der Waals surface area contributed by atoms with E-state index >= 15 is 0 Å². The van der Waals surface area contributed by atoms with Crippen LogP contribution in [0, 0.1) is 0 Å². The third-order valence-electron chi connectivity index (χ3n) is 3.55. The monoisotopic (exact) mass is 194 g/mol. The predicted octanol–water partition coefficient (Wildman–Crippen LogP) is 3.20. The minimum Gasteiger partial charge on any atom is -0.296 e. The fourth-order valence-electron chi connectivity index (χ4n) is 2.80. The lowest BCUT2D eigenvalue weighted by Crippen LogP contribution is -2.46. The molecule has 0 N–H and O–H groups in total. The first-order chi connectivity index (χ1) is 6.50. The largest absolute Gasteiger partial charge is 0.296 e. The van der Waals surface area contributed by atoms with E-state index in [2.05, 4.69) is 46.7 Å². The highest BCUT2D eigenvalue weighted by molar-refractivity contribution is 6.36. The summed E-state index contributed by atoms with van der Waals surface area (Å²) in [5.41, 5.74) is 0.345. The molecule has 1 aliphatic rings. The van der Waals surface area contributed by atoms with Gasteiger partial charge in [-0.05, 0) is 40.2 Å². The molecule has 0 saturated carbocycles. The van der Waals surface area contributed by atoms with Gasteiger partial charge in [0.25, 0.3) is 0 Å². The van der Waals surface area contributed by atoms with Crippen molar-refractivity contribution in [1.29, 1.82) is 0 Å². The Morgan fingerprint density at radius 3 is 2.50 bits per heavy atom. The summed E-state index contributed by atoms with van der Waals surface area (Å²) in [5.74, 6) is 0.789. The van der Waals surface area contributed by atoms with Crippen molar-refractivity contribution in [3.8, 4) is 0 Å². The van der Waals surface area contributed by atoms with Crippen molar-refractivity contribution in [3.05, 3.63) is 0 Å². The fraction of sp³-hybridized carbons (Fsp3) is 1.00. The summed E-state index contributed by atoms with van der Waals surface area (Å²) in [6, 6.07) is 0.796. The highest BCUT2D eigenvalue weighted by Crippen LogP contribution is 2.34. The van der Waals surface area contributed by atoms with Crippen LogP contribution < -0.4 is 0 Å². The van der Waals surface area contributed by atoms with Crippen molar-refractivity contribution < 1.29 is 0 Å². The number of hydrogen-bond donors (Lipinski definition) is 0. The predicted molar refractivity (Wildman–Crippen MR) is 65.1 cm³/mol. The lowest BCUT2D eigenvalue weighted by molar-refractivity contribution is 0.116. The Kier molecular flexibility index (Phi) is 4.06. The van der Waals surface area contributed by atoms with E-state index in [1.54, 1.807) is 0 Å². The molecule has 0 aliphatic carbocycles. The summed E-state index contributed by atoms with van der Waals surface area (Å²) < 4.78 is 0. The molecule has 0 bridgehead atoms. The number of rotatable bonds is 3. The lowest BCUT2D eigenvalue weighted by atomic mass is 9.61. The molecule has 1 rings (SSSR count). The first kappa shape index (κ1) is 12.1. The van der Waals surface area contributed by atoms with Crippen LogP contribution in [0.25, 0.3) is 0 Å². The Morgan fingerprint density at radius 2 is 2.07 bits per heavy atom. The van der Waals surface area contributed by atoms with Gasteiger partial charge in [0.1, 0.15) is 7.28 Å². The molecule has 14 heavy (non-hydrogen) atoms. The maximum atomic E-state index is 2.70. The molecule has 81 valence electrons. The third kappa shape index (κ3) is 2.53. The minimum atomic E-state index is 0.345. The number of nitrogens with zero attached hydrogens (tertiary/aromatic N) is 1. The molecule has 1 saturated heterocycles. The van der Waals surface area contributed by atoms with E-state index in [4.69, 9.17) is 0 Å². The van der Waals surface area contributed by atoms with E-state index in [9.17, 15) is 0 Å². The van der Waals surface area contributed by atoms with Crippen molar-refractivity contribution in [3.63, 3.8) is 0 Å². The number of likely N-dealkylation sites (tertiary alicyclic amines) is 1. The lowest BCUT2D eigenvalue weighted by Gasteiger charge is -2.40. The zero-order valence-corrected chi connectivity index (χ0v) is 10.5. The van der Waals surface area contributed by atoms with Gasteiger partial charge in [0, 0.05) is 11.6 Å². The van der Waals surface area contributed by atoms with Crippen molar-refractivity contribution in [2.45, 2.75) is 71.2 Å². The van der Waals surface area contributed by atoms with Crippen LogP contribution in [0.4, 0.5) is 0 Å². The van der Waals surface area contributed by atoms with Gasteiger partial charge in [0.15, 0.2) is 0 Å².